The Morgan fingerprint density at radius 2 is 1.87 bits per heavy atom. The fourth-order valence-corrected chi connectivity index (χ4v) is 3.27. The maximum Gasteiger partial charge on any atom is 0.410 e. The van der Waals surface area contributed by atoms with Crippen LogP contribution in [0.25, 0.3) is 0 Å². The van der Waals surface area contributed by atoms with E-state index < -0.39 is 5.60 Å². The lowest BCUT2D eigenvalue weighted by molar-refractivity contribution is 0.0202. The third kappa shape index (κ3) is 4.64. The van der Waals surface area contributed by atoms with Crippen LogP contribution in [0.1, 0.15) is 39.2 Å². The van der Waals surface area contributed by atoms with Crippen molar-refractivity contribution in [2.24, 2.45) is 5.92 Å². The van der Waals surface area contributed by atoms with E-state index in [1.807, 2.05) is 20.8 Å². The van der Waals surface area contributed by atoms with E-state index in [1.54, 1.807) is 23.1 Å². The molecule has 0 N–H and O–H groups in total. The smallest absolute Gasteiger partial charge is 0.410 e. The van der Waals surface area contributed by atoms with E-state index in [-0.39, 0.29) is 17.8 Å². The van der Waals surface area contributed by atoms with E-state index in [0.717, 1.165) is 0 Å². The Bertz CT molecular complexity index is 627. The molecule has 0 saturated carbocycles. The van der Waals surface area contributed by atoms with Crippen molar-refractivity contribution in [2.45, 2.75) is 39.2 Å². The summed E-state index contributed by atoms with van der Waals surface area (Å²) in [5, 5.41) is 0. The molecule has 1 saturated heterocycles. The molecule has 1 aromatic rings. The van der Waals surface area contributed by atoms with Gasteiger partial charge in [-0.3, -0.25) is 0 Å². The zero-order chi connectivity index (χ0) is 17.0. The monoisotopic (exact) mass is 339 g/mol. The van der Waals surface area contributed by atoms with Crippen molar-refractivity contribution in [1.29, 1.82) is 0 Å². The minimum Gasteiger partial charge on any atom is -0.444 e. The quantitative estimate of drug-likeness (QED) is 0.614. The lowest BCUT2D eigenvalue weighted by Gasteiger charge is -2.33. The lowest BCUT2D eigenvalue weighted by atomic mass is 9.90. The molecule has 2 rings (SSSR count). The van der Waals surface area contributed by atoms with E-state index in [1.165, 1.54) is 6.07 Å². The first kappa shape index (κ1) is 17.7. The van der Waals surface area contributed by atoms with Gasteiger partial charge in [0.25, 0.3) is 0 Å². The van der Waals surface area contributed by atoms with Crippen molar-refractivity contribution in [3.8, 4) is 0 Å². The van der Waals surface area contributed by atoms with Gasteiger partial charge >= 0.3 is 6.09 Å². The summed E-state index contributed by atoms with van der Waals surface area (Å²) in [6, 6.07) is 6.33. The van der Waals surface area contributed by atoms with Crippen LogP contribution in [0.5, 0.6) is 0 Å². The molecule has 1 aliphatic heterocycles. The van der Waals surface area contributed by atoms with Crippen molar-refractivity contribution in [3.63, 3.8) is 0 Å². The second-order valence-corrected chi connectivity index (χ2v) is 7.28. The first-order valence-corrected chi connectivity index (χ1v) is 8.45. The van der Waals surface area contributed by atoms with Gasteiger partial charge in [-0.15, -0.1) is 0 Å². The SMILES string of the molecule is CC(C)(C)OC(=O)N1CCC(C(=S=O)c2ccccc2F)CC1. The molecule has 1 heterocycles. The standard InChI is InChI=1S/C17H22FNO3S/c1-17(2,3)22-16(20)19-10-8-12(9-11-19)15(23-21)13-6-4-5-7-14(13)18/h4-7,12H,8-11H2,1-3H3. The molecule has 0 aliphatic carbocycles. The molecule has 0 spiro atoms. The molecule has 1 aliphatic rings. The van der Waals surface area contributed by atoms with Gasteiger partial charge < -0.3 is 9.64 Å². The van der Waals surface area contributed by atoms with Gasteiger partial charge in [-0.2, -0.15) is 0 Å². The summed E-state index contributed by atoms with van der Waals surface area (Å²) in [6.45, 7) is 6.51. The van der Waals surface area contributed by atoms with Crippen LogP contribution in [-0.4, -0.2) is 38.8 Å². The molecule has 23 heavy (non-hydrogen) atoms. The minimum atomic E-state index is -0.525. The number of carbonyl (C=O) groups excluding carboxylic acids is 1. The average Bonchev–Trinajstić information content (AvgIpc) is 2.49. The van der Waals surface area contributed by atoms with Crippen molar-refractivity contribution >= 4 is 22.2 Å². The highest BCUT2D eigenvalue weighted by molar-refractivity contribution is 7.67. The fraction of sp³-hybridized carbons (Fsp3) is 0.529. The van der Waals surface area contributed by atoms with Crippen LogP contribution < -0.4 is 0 Å². The van der Waals surface area contributed by atoms with Gasteiger partial charge in [-0.05, 0) is 39.7 Å². The van der Waals surface area contributed by atoms with E-state index in [2.05, 4.69) is 0 Å². The summed E-state index contributed by atoms with van der Waals surface area (Å²) >= 11 is 0.355. The number of piperidine rings is 1. The normalized spacial score (nSPS) is 16.1. The van der Waals surface area contributed by atoms with Gasteiger partial charge in [0, 0.05) is 24.6 Å². The van der Waals surface area contributed by atoms with Crippen molar-refractivity contribution in [3.05, 3.63) is 35.6 Å². The number of likely N-dealkylation sites (tertiary alicyclic amines) is 1. The van der Waals surface area contributed by atoms with Gasteiger partial charge in [0.1, 0.15) is 11.4 Å². The number of halogens is 1. The molecule has 1 fully saturated rings. The Morgan fingerprint density at radius 3 is 2.39 bits per heavy atom. The van der Waals surface area contributed by atoms with Gasteiger partial charge in [0.05, 0.1) is 16.1 Å². The van der Waals surface area contributed by atoms with Crippen LogP contribution in [0.3, 0.4) is 0 Å². The average molecular weight is 339 g/mol. The fourth-order valence-electron chi connectivity index (χ4n) is 2.64. The molecule has 0 radical (unpaired) electrons. The third-order valence-electron chi connectivity index (χ3n) is 3.75. The van der Waals surface area contributed by atoms with Crippen LogP contribution in [0.4, 0.5) is 9.18 Å². The highest BCUT2D eigenvalue weighted by Gasteiger charge is 2.30. The molecule has 126 valence electrons. The molecule has 4 nitrogen and oxygen atoms in total. The molecular weight excluding hydrogens is 317 g/mol. The molecular formula is C17H22FNO3S. The maximum absolute atomic E-state index is 13.9. The zero-order valence-corrected chi connectivity index (χ0v) is 14.5. The highest BCUT2D eigenvalue weighted by Crippen LogP contribution is 2.24. The number of rotatable bonds is 2. The summed E-state index contributed by atoms with van der Waals surface area (Å²) in [5.74, 6) is -0.395. The second kappa shape index (κ2) is 7.25. The largest absolute Gasteiger partial charge is 0.444 e. The van der Waals surface area contributed by atoms with Crippen LogP contribution in [-0.2, 0) is 16.0 Å². The van der Waals surface area contributed by atoms with E-state index in [9.17, 15) is 13.4 Å². The highest BCUT2D eigenvalue weighted by atomic mass is 32.1. The van der Waals surface area contributed by atoms with Gasteiger partial charge in [-0.1, -0.05) is 18.2 Å². The number of benzene rings is 1. The first-order chi connectivity index (χ1) is 10.8. The Labute approximate surface area is 139 Å². The van der Waals surface area contributed by atoms with E-state index in [4.69, 9.17) is 4.74 Å². The van der Waals surface area contributed by atoms with Crippen molar-refractivity contribution in [2.75, 3.05) is 13.1 Å². The molecule has 0 unspecified atom stereocenters. The number of hydrogen-bond donors (Lipinski definition) is 0. The number of carbonyl (C=O) groups is 1. The first-order valence-electron chi connectivity index (χ1n) is 7.71. The van der Waals surface area contributed by atoms with Gasteiger partial charge in [0.2, 0.25) is 0 Å². The molecule has 0 bridgehead atoms. The van der Waals surface area contributed by atoms with E-state index in [0.29, 0.717) is 47.6 Å². The second-order valence-electron chi connectivity index (χ2n) is 6.67. The molecule has 1 amide bonds. The number of amides is 1. The van der Waals surface area contributed by atoms with Crippen LogP contribution in [0, 0.1) is 11.7 Å². The number of ether oxygens (including phenoxy) is 1. The molecule has 1 aromatic carbocycles. The minimum absolute atomic E-state index is 0.0203. The molecule has 0 atom stereocenters. The molecule has 6 heteroatoms. The molecule has 0 aromatic heterocycles. The Hall–Kier alpha value is -1.69. The number of nitrogens with zero attached hydrogens (tertiary/aromatic N) is 1. The van der Waals surface area contributed by atoms with Crippen LogP contribution in [0.2, 0.25) is 0 Å². The van der Waals surface area contributed by atoms with Gasteiger partial charge in [-0.25, -0.2) is 13.4 Å². The predicted molar refractivity (Wildman–Crippen MR) is 89.2 cm³/mol. The summed E-state index contributed by atoms with van der Waals surface area (Å²) in [5.41, 5.74) is -0.147. The van der Waals surface area contributed by atoms with Crippen molar-refractivity contribution in [1.82, 2.24) is 4.90 Å². The number of hydrogen-bond acceptors (Lipinski definition) is 3. The third-order valence-corrected chi connectivity index (χ3v) is 4.48. The Kier molecular flexibility index (Phi) is 5.57. The van der Waals surface area contributed by atoms with Crippen molar-refractivity contribution < 1.29 is 18.1 Å². The zero-order valence-electron chi connectivity index (χ0n) is 13.7. The summed E-state index contributed by atoms with van der Waals surface area (Å²) in [7, 11) is 0. The van der Waals surface area contributed by atoms with Gasteiger partial charge in [0.15, 0.2) is 0 Å². The topological polar surface area (TPSA) is 46.6 Å². The Morgan fingerprint density at radius 1 is 1.26 bits per heavy atom. The van der Waals surface area contributed by atoms with Crippen LogP contribution >= 0.6 is 0 Å². The van der Waals surface area contributed by atoms with Crippen LogP contribution in [0.15, 0.2) is 24.3 Å². The summed E-state index contributed by atoms with van der Waals surface area (Å²) in [4.78, 5) is 14.2. The van der Waals surface area contributed by atoms with E-state index >= 15 is 0 Å². The maximum atomic E-state index is 13.9. The predicted octanol–water partition coefficient (Wildman–Crippen LogP) is 3.21. The summed E-state index contributed by atoms with van der Waals surface area (Å²) < 4.78 is 30.8. The lowest BCUT2D eigenvalue weighted by Crippen LogP contribution is -2.43. The Balaban J connectivity index is 2.02. The summed E-state index contributed by atoms with van der Waals surface area (Å²) in [6.07, 6.45) is 0.939.